The van der Waals surface area contributed by atoms with Crippen LogP contribution in [-0.2, 0) is 21.2 Å². The van der Waals surface area contributed by atoms with Gasteiger partial charge in [-0.1, -0.05) is 42.5 Å². The monoisotopic (exact) mass is 370 g/mol. The highest BCUT2D eigenvalue weighted by molar-refractivity contribution is 7.89. The summed E-state index contributed by atoms with van der Waals surface area (Å²) in [4.78, 5) is 15.9. The number of carboxylic acid groups (broad SMARTS) is 1. The Balaban J connectivity index is 2.01. The molecule has 1 heterocycles. The highest BCUT2D eigenvalue weighted by atomic mass is 32.2. The summed E-state index contributed by atoms with van der Waals surface area (Å²) in [5, 5.41) is 10.8. The van der Waals surface area contributed by atoms with Gasteiger partial charge < -0.3 is 5.11 Å². The normalized spacial score (nSPS) is 14.0. The molecular weight excluding hydrogens is 352 g/mol. The molecule has 0 radical (unpaired) electrons. The third-order valence-electron chi connectivity index (χ3n) is 4.16. The maximum Gasteiger partial charge on any atom is 0.324 e. The molecule has 3 rings (SSSR count). The number of aromatic nitrogens is 1. The Labute approximate surface area is 151 Å². The van der Waals surface area contributed by atoms with Crippen molar-refractivity contribution in [3.8, 4) is 0 Å². The van der Waals surface area contributed by atoms with Crippen molar-refractivity contribution in [3.05, 3.63) is 72.6 Å². The first-order valence-corrected chi connectivity index (χ1v) is 9.44. The number of hydrogen-bond acceptors (Lipinski definition) is 4. The molecule has 0 bridgehead atoms. The number of nitrogens with zero attached hydrogens (tertiary/aromatic N) is 1. The molecule has 3 aromatic rings. The predicted octanol–water partition coefficient (Wildman–Crippen LogP) is 2.60. The minimum atomic E-state index is -4.07. The molecule has 0 amide bonds. The summed E-state index contributed by atoms with van der Waals surface area (Å²) in [6.45, 7) is 1.37. The van der Waals surface area contributed by atoms with E-state index in [1.165, 1.54) is 19.2 Å². The number of fused-ring (bicyclic) bond motifs is 1. The molecule has 1 atom stereocenters. The van der Waals surface area contributed by atoms with Crippen molar-refractivity contribution < 1.29 is 18.3 Å². The molecule has 1 aromatic heterocycles. The maximum absolute atomic E-state index is 13.0. The van der Waals surface area contributed by atoms with Crippen LogP contribution in [0, 0.1) is 0 Å². The van der Waals surface area contributed by atoms with Crippen molar-refractivity contribution in [2.45, 2.75) is 23.8 Å². The second-order valence-corrected chi connectivity index (χ2v) is 7.91. The van der Waals surface area contributed by atoms with E-state index >= 15 is 0 Å². The Morgan fingerprint density at radius 2 is 1.85 bits per heavy atom. The number of aliphatic carboxylic acids is 1. The molecule has 0 fully saturated rings. The van der Waals surface area contributed by atoms with Gasteiger partial charge in [0.05, 0.1) is 4.90 Å². The van der Waals surface area contributed by atoms with Crippen LogP contribution in [0.2, 0.25) is 0 Å². The lowest BCUT2D eigenvalue weighted by atomic mass is 9.94. The van der Waals surface area contributed by atoms with Crippen LogP contribution < -0.4 is 4.72 Å². The molecule has 6 nitrogen and oxygen atoms in total. The van der Waals surface area contributed by atoms with E-state index in [0.717, 1.165) is 5.56 Å². The molecule has 2 aromatic carbocycles. The van der Waals surface area contributed by atoms with Gasteiger partial charge in [0.15, 0.2) is 0 Å². The quantitative estimate of drug-likeness (QED) is 0.695. The molecule has 0 aliphatic heterocycles. The van der Waals surface area contributed by atoms with Gasteiger partial charge in [0, 0.05) is 29.6 Å². The predicted molar refractivity (Wildman–Crippen MR) is 98.3 cm³/mol. The number of benzene rings is 2. The van der Waals surface area contributed by atoms with Gasteiger partial charge in [-0.2, -0.15) is 4.72 Å². The van der Waals surface area contributed by atoms with Crippen LogP contribution in [0.4, 0.5) is 0 Å². The van der Waals surface area contributed by atoms with Crippen LogP contribution in [0.15, 0.2) is 71.9 Å². The molecule has 0 aliphatic carbocycles. The lowest BCUT2D eigenvalue weighted by Crippen LogP contribution is -2.53. The Morgan fingerprint density at radius 3 is 2.54 bits per heavy atom. The van der Waals surface area contributed by atoms with Gasteiger partial charge in [-0.05, 0) is 24.6 Å². The minimum absolute atomic E-state index is 0.0225. The van der Waals surface area contributed by atoms with Crippen LogP contribution >= 0.6 is 0 Å². The van der Waals surface area contributed by atoms with Gasteiger partial charge in [0.25, 0.3) is 0 Å². The van der Waals surface area contributed by atoms with Crippen molar-refractivity contribution in [1.82, 2.24) is 9.71 Å². The zero-order valence-electron chi connectivity index (χ0n) is 14.1. The fraction of sp³-hybridized carbons (Fsp3) is 0.158. The van der Waals surface area contributed by atoms with E-state index < -0.39 is 21.5 Å². The number of sulfonamides is 1. The summed E-state index contributed by atoms with van der Waals surface area (Å²) in [5.74, 6) is -1.24. The lowest BCUT2D eigenvalue weighted by molar-refractivity contribution is -0.143. The van der Waals surface area contributed by atoms with Gasteiger partial charge in [0.2, 0.25) is 10.0 Å². The van der Waals surface area contributed by atoms with Gasteiger partial charge in [0.1, 0.15) is 5.54 Å². The zero-order valence-corrected chi connectivity index (χ0v) is 14.9. The number of rotatable bonds is 6. The van der Waals surface area contributed by atoms with E-state index in [2.05, 4.69) is 9.71 Å². The molecule has 7 heteroatoms. The lowest BCUT2D eigenvalue weighted by Gasteiger charge is -2.26. The molecule has 0 spiro atoms. The Bertz CT molecular complexity index is 1050. The van der Waals surface area contributed by atoms with Crippen LogP contribution in [-0.4, -0.2) is 30.0 Å². The number of carbonyl (C=O) groups is 1. The molecule has 0 saturated heterocycles. The Kier molecular flexibility index (Phi) is 4.76. The first-order valence-electron chi connectivity index (χ1n) is 7.96. The molecule has 0 aliphatic rings. The van der Waals surface area contributed by atoms with Gasteiger partial charge in [-0.3, -0.25) is 9.78 Å². The van der Waals surface area contributed by atoms with E-state index in [1.54, 1.807) is 48.7 Å². The first-order chi connectivity index (χ1) is 12.3. The summed E-state index contributed by atoms with van der Waals surface area (Å²) >= 11 is 0. The van der Waals surface area contributed by atoms with Crippen LogP contribution in [0.1, 0.15) is 12.5 Å². The highest BCUT2D eigenvalue weighted by Gasteiger charge is 2.38. The smallest absolute Gasteiger partial charge is 0.324 e. The van der Waals surface area contributed by atoms with Crippen molar-refractivity contribution in [3.63, 3.8) is 0 Å². The molecule has 2 N–H and O–H groups in total. The van der Waals surface area contributed by atoms with Gasteiger partial charge >= 0.3 is 5.97 Å². The number of nitrogens with one attached hydrogen (secondary N) is 1. The van der Waals surface area contributed by atoms with Gasteiger partial charge in [-0.15, -0.1) is 0 Å². The molecule has 1 unspecified atom stereocenters. The van der Waals surface area contributed by atoms with Crippen molar-refractivity contribution >= 4 is 26.8 Å². The van der Waals surface area contributed by atoms with E-state index in [0.29, 0.717) is 10.8 Å². The van der Waals surface area contributed by atoms with E-state index in [1.807, 2.05) is 6.07 Å². The van der Waals surface area contributed by atoms with Crippen LogP contribution in [0.3, 0.4) is 0 Å². The SMILES string of the molecule is CC(Cc1ccccc1)(NS(=O)(=O)c1cccc2cnccc12)C(=O)O. The fourth-order valence-corrected chi connectivity index (χ4v) is 4.43. The average Bonchev–Trinajstić information content (AvgIpc) is 2.61. The van der Waals surface area contributed by atoms with Crippen molar-refractivity contribution in [1.29, 1.82) is 0 Å². The molecule has 0 saturated carbocycles. The standard InChI is InChI=1S/C19H18N2O4S/c1-19(18(22)23,12-14-6-3-2-4-7-14)21-26(24,25)17-9-5-8-15-13-20-11-10-16(15)17/h2-11,13,21H,12H2,1H3,(H,22,23). The van der Waals surface area contributed by atoms with E-state index in [9.17, 15) is 18.3 Å². The van der Waals surface area contributed by atoms with Crippen molar-refractivity contribution in [2.24, 2.45) is 0 Å². The molecule has 26 heavy (non-hydrogen) atoms. The topological polar surface area (TPSA) is 96.4 Å². The highest BCUT2D eigenvalue weighted by Crippen LogP contribution is 2.24. The Morgan fingerprint density at radius 1 is 1.12 bits per heavy atom. The number of pyridine rings is 1. The number of hydrogen-bond donors (Lipinski definition) is 2. The van der Waals surface area contributed by atoms with Crippen molar-refractivity contribution in [2.75, 3.05) is 0 Å². The summed E-state index contributed by atoms with van der Waals surface area (Å²) in [6, 6.07) is 15.3. The first kappa shape index (κ1) is 18.0. The summed E-state index contributed by atoms with van der Waals surface area (Å²) < 4.78 is 28.3. The zero-order chi connectivity index (χ0) is 18.8. The fourth-order valence-electron chi connectivity index (χ4n) is 2.84. The largest absolute Gasteiger partial charge is 0.480 e. The van der Waals surface area contributed by atoms with Crippen LogP contribution in [0.25, 0.3) is 10.8 Å². The maximum atomic E-state index is 13.0. The minimum Gasteiger partial charge on any atom is -0.480 e. The third-order valence-corrected chi connectivity index (χ3v) is 5.82. The summed E-state index contributed by atoms with van der Waals surface area (Å²) in [5.41, 5.74) is -0.961. The summed E-state index contributed by atoms with van der Waals surface area (Å²) in [6.07, 6.45) is 3.09. The molecular formula is C19H18N2O4S. The van der Waals surface area contributed by atoms with Gasteiger partial charge in [-0.25, -0.2) is 8.42 Å². The van der Waals surface area contributed by atoms with E-state index in [4.69, 9.17) is 0 Å². The number of carboxylic acids is 1. The van der Waals surface area contributed by atoms with Crippen LogP contribution in [0.5, 0.6) is 0 Å². The summed E-state index contributed by atoms with van der Waals surface area (Å²) in [7, 11) is -4.07. The second-order valence-electron chi connectivity index (χ2n) is 6.26. The second kappa shape index (κ2) is 6.86. The average molecular weight is 370 g/mol. The van der Waals surface area contributed by atoms with E-state index in [-0.39, 0.29) is 11.3 Å². The Hall–Kier alpha value is -2.77. The third kappa shape index (κ3) is 3.58. The molecule has 134 valence electrons.